The normalized spacial score (nSPS) is 14.3. The van der Waals surface area contributed by atoms with Gasteiger partial charge in [-0.3, -0.25) is 9.59 Å². The maximum atomic E-state index is 12.9. The van der Waals surface area contributed by atoms with Crippen LogP contribution >= 0.6 is 11.8 Å². The summed E-state index contributed by atoms with van der Waals surface area (Å²) in [4.78, 5) is 28.9. The molecule has 0 radical (unpaired) electrons. The summed E-state index contributed by atoms with van der Waals surface area (Å²) in [5.74, 6) is 0.674. The Balaban J connectivity index is 1.43. The quantitative estimate of drug-likeness (QED) is 0.558. The minimum absolute atomic E-state index is 0.0653. The zero-order valence-electron chi connectivity index (χ0n) is 15.4. The van der Waals surface area contributed by atoms with Crippen LogP contribution in [0.15, 0.2) is 53.4 Å². The van der Waals surface area contributed by atoms with Crippen molar-refractivity contribution in [1.29, 1.82) is 0 Å². The fourth-order valence-electron chi connectivity index (χ4n) is 3.07. The largest absolute Gasteiger partial charge is 0.368 e. The first-order valence-corrected chi connectivity index (χ1v) is 10.0. The molecule has 0 bridgehead atoms. The first-order chi connectivity index (χ1) is 13.0. The van der Waals surface area contributed by atoms with Crippen molar-refractivity contribution in [2.75, 3.05) is 36.8 Å². The lowest BCUT2D eigenvalue weighted by molar-refractivity contribution is -0.131. The molecule has 0 atom stereocenters. The summed E-state index contributed by atoms with van der Waals surface area (Å²) in [6.45, 7) is 4.54. The number of thioether (sulfide) groups is 1. The van der Waals surface area contributed by atoms with Crippen molar-refractivity contribution >= 4 is 29.1 Å². The number of amides is 1. The second-order valence-electron chi connectivity index (χ2n) is 6.52. The van der Waals surface area contributed by atoms with Crippen LogP contribution < -0.4 is 4.90 Å². The van der Waals surface area contributed by atoms with Crippen LogP contribution in [0.25, 0.3) is 0 Å². The first-order valence-electron chi connectivity index (χ1n) is 9.05. The molecular weight excluding hydrogens is 363 g/mol. The lowest BCUT2D eigenvalue weighted by Gasteiger charge is -2.36. The third-order valence-electron chi connectivity index (χ3n) is 4.67. The summed E-state index contributed by atoms with van der Waals surface area (Å²) in [5.41, 5.74) is 1.80. The molecule has 6 heteroatoms. The molecule has 0 unspecified atom stereocenters. The summed E-state index contributed by atoms with van der Waals surface area (Å²) in [6, 6.07) is 14.0. The molecule has 1 heterocycles. The number of anilines is 1. The number of halogens is 1. The van der Waals surface area contributed by atoms with Crippen LogP contribution in [0.3, 0.4) is 0 Å². The second-order valence-corrected chi connectivity index (χ2v) is 7.69. The zero-order valence-corrected chi connectivity index (χ0v) is 16.2. The van der Waals surface area contributed by atoms with Gasteiger partial charge in [0.2, 0.25) is 5.91 Å². The number of ketones is 1. The standard InChI is InChI=1S/C21H23FN2O2S/c1-16(25)17-2-6-19(7-3-17)23-11-13-24(14-12-23)21(26)10-15-27-20-8-4-18(22)5-9-20/h2-9H,10-15H2,1H3. The Morgan fingerprint density at radius 3 is 2.19 bits per heavy atom. The Morgan fingerprint density at radius 2 is 1.59 bits per heavy atom. The topological polar surface area (TPSA) is 40.6 Å². The third-order valence-corrected chi connectivity index (χ3v) is 5.68. The van der Waals surface area contributed by atoms with E-state index in [0.29, 0.717) is 30.8 Å². The molecule has 1 amide bonds. The van der Waals surface area contributed by atoms with Gasteiger partial charge in [0.05, 0.1) is 0 Å². The molecule has 1 fully saturated rings. The highest BCUT2D eigenvalue weighted by atomic mass is 32.2. The molecule has 27 heavy (non-hydrogen) atoms. The Bertz CT molecular complexity index is 785. The molecule has 0 aromatic heterocycles. The highest BCUT2D eigenvalue weighted by Gasteiger charge is 2.21. The Morgan fingerprint density at radius 1 is 0.963 bits per heavy atom. The number of nitrogens with zero attached hydrogens (tertiary/aromatic N) is 2. The van der Waals surface area contributed by atoms with E-state index in [1.807, 2.05) is 29.2 Å². The smallest absolute Gasteiger partial charge is 0.223 e. The number of benzene rings is 2. The van der Waals surface area contributed by atoms with Crippen LogP contribution in [0.4, 0.5) is 10.1 Å². The van der Waals surface area contributed by atoms with Gasteiger partial charge < -0.3 is 9.80 Å². The first kappa shape index (κ1) is 19.4. The van der Waals surface area contributed by atoms with Crippen molar-refractivity contribution in [3.05, 3.63) is 59.9 Å². The van der Waals surface area contributed by atoms with Crippen LogP contribution in [0.5, 0.6) is 0 Å². The number of Topliss-reactive ketones (excluding diaryl/α,β-unsaturated/α-hetero) is 1. The van der Waals surface area contributed by atoms with Crippen molar-refractivity contribution in [2.45, 2.75) is 18.2 Å². The van der Waals surface area contributed by atoms with E-state index < -0.39 is 0 Å². The van der Waals surface area contributed by atoms with E-state index in [2.05, 4.69) is 4.90 Å². The molecule has 1 aliphatic rings. The number of carbonyl (C=O) groups is 2. The Hall–Kier alpha value is -2.34. The van der Waals surface area contributed by atoms with Crippen molar-refractivity contribution in [2.24, 2.45) is 0 Å². The molecule has 3 rings (SSSR count). The van der Waals surface area contributed by atoms with E-state index in [0.717, 1.165) is 23.7 Å². The van der Waals surface area contributed by atoms with Crippen LogP contribution in [-0.2, 0) is 4.79 Å². The van der Waals surface area contributed by atoms with Crippen LogP contribution in [0, 0.1) is 5.82 Å². The minimum atomic E-state index is -0.246. The lowest BCUT2D eigenvalue weighted by Crippen LogP contribution is -2.48. The number of hydrogen-bond acceptors (Lipinski definition) is 4. The fraction of sp³-hybridized carbons (Fsp3) is 0.333. The van der Waals surface area contributed by atoms with Gasteiger partial charge in [0, 0.05) is 54.5 Å². The van der Waals surface area contributed by atoms with Gasteiger partial charge in [-0.05, 0) is 55.5 Å². The van der Waals surface area contributed by atoms with Crippen molar-refractivity contribution < 1.29 is 14.0 Å². The summed E-state index contributed by atoms with van der Waals surface area (Å²) >= 11 is 1.57. The molecule has 1 aliphatic heterocycles. The average molecular weight is 386 g/mol. The predicted octanol–water partition coefficient (Wildman–Crippen LogP) is 3.86. The highest BCUT2D eigenvalue weighted by molar-refractivity contribution is 7.99. The summed E-state index contributed by atoms with van der Waals surface area (Å²) in [7, 11) is 0. The van der Waals surface area contributed by atoms with Crippen molar-refractivity contribution in [3.63, 3.8) is 0 Å². The van der Waals surface area contributed by atoms with Gasteiger partial charge in [0.15, 0.2) is 5.78 Å². The molecule has 1 saturated heterocycles. The second kappa shape index (κ2) is 9.04. The molecule has 4 nitrogen and oxygen atoms in total. The molecule has 2 aromatic carbocycles. The van der Waals surface area contributed by atoms with Gasteiger partial charge in [-0.25, -0.2) is 4.39 Å². The maximum Gasteiger partial charge on any atom is 0.223 e. The molecule has 0 aliphatic carbocycles. The van der Waals surface area contributed by atoms with Gasteiger partial charge in [-0.15, -0.1) is 11.8 Å². The Kier molecular flexibility index (Phi) is 6.50. The van der Waals surface area contributed by atoms with E-state index in [1.54, 1.807) is 30.8 Å². The Labute approximate surface area is 163 Å². The van der Waals surface area contributed by atoms with Gasteiger partial charge in [0.25, 0.3) is 0 Å². The SMILES string of the molecule is CC(=O)c1ccc(N2CCN(C(=O)CCSc3ccc(F)cc3)CC2)cc1. The number of hydrogen-bond donors (Lipinski definition) is 0. The molecule has 2 aromatic rings. The summed E-state index contributed by atoms with van der Waals surface area (Å²) in [5, 5.41) is 0. The van der Waals surface area contributed by atoms with E-state index in [9.17, 15) is 14.0 Å². The minimum Gasteiger partial charge on any atom is -0.368 e. The van der Waals surface area contributed by atoms with Gasteiger partial charge in [-0.1, -0.05) is 0 Å². The lowest BCUT2D eigenvalue weighted by atomic mass is 10.1. The predicted molar refractivity (Wildman–Crippen MR) is 107 cm³/mol. The molecule has 0 spiro atoms. The van der Waals surface area contributed by atoms with Crippen LogP contribution in [0.1, 0.15) is 23.7 Å². The van der Waals surface area contributed by atoms with E-state index in [-0.39, 0.29) is 17.5 Å². The van der Waals surface area contributed by atoms with Crippen LogP contribution in [0.2, 0.25) is 0 Å². The van der Waals surface area contributed by atoms with Gasteiger partial charge in [-0.2, -0.15) is 0 Å². The number of rotatable bonds is 6. The highest BCUT2D eigenvalue weighted by Crippen LogP contribution is 2.21. The maximum absolute atomic E-state index is 12.9. The molecule has 0 N–H and O–H groups in total. The third kappa shape index (κ3) is 5.32. The average Bonchev–Trinajstić information content (AvgIpc) is 2.69. The van der Waals surface area contributed by atoms with Gasteiger partial charge in [0.1, 0.15) is 5.82 Å². The molecule has 0 saturated carbocycles. The van der Waals surface area contributed by atoms with E-state index >= 15 is 0 Å². The monoisotopic (exact) mass is 386 g/mol. The summed E-state index contributed by atoms with van der Waals surface area (Å²) in [6.07, 6.45) is 0.481. The van der Waals surface area contributed by atoms with Gasteiger partial charge >= 0.3 is 0 Å². The van der Waals surface area contributed by atoms with Crippen molar-refractivity contribution in [1.82, 2.24) is 4.90 Å². The zero-order chi connectivity index (χ0) is 19.2. The summed E-state index contributed by atoms with van der Waals surface area (Å²) < 4.78 is 12.9. The molecule has 142 valence electrons. The van der Waals surface area contributed by atoms with E-state index in [1.165, 1.54) is 12.1 Å². The van der Waals surface area contributed by atoms with E-state index in [4.69, 9.17) is 0 Å². The molecular formula is C21H23FN2O2S. The number of carbonyl (C=O) groups excluding carboxylic acids is 2. The van der Waals surface area contributed by atoms with Crippen molar-refractivity contribution in [3.8, 4) is 0 Å². The van der Waals surface area contributed by atoms with Crippen LogP contribution in [-0.4, -0.2) is 48.5 Å². The fourth-order valence-corrected chi connectivity index (χ4v) is 3.91. The number of piperazine rings is 1.